The van der Waals surface area contributed by atoms with E-state index in [4.69, 9.17) is 18.3 Å². The average Bonchev–Trinajstić information content (AvgIpc) is 3.31. The highest BCUT2D eigenvalue weighted by Gasteiger charge is 2.50. The molecular weight excluding hydrogens is 625 g/mol. The fourth-order valence-corrected chi connectivity index (χ4v) is 10.5. The van der Waals surface area contributed by atoms with Crippen molar-refractivity contribution in [3.05, 3.63) is 47.1 Å². The second-order valence-corrected chi connectivity index (χ2v) is 29.0. The first-order valence-corrected chi connectivity index (χ1v) is 24.9. The third kappa shape index (κ3) is 9.56. The monoisotopic (exact) mass is 701 g/mol. The standard InChI is InChI=1S/C42H76O4Si2/c1-30(20-21-31(2)41(10,11)44-29-43-13)36-24-25-37-33(19-18-26-42(36,37)12)22-23-34-27-35(45-47(14,15)39(4,5)6)28-38(32(34)3)46-48(16,17)40(7,8)9/h19-23,30-31,35-38H,18,24-29H2,1-17H3/b21-20+,23-22-/t30-,31+,35-,36-,37+,38+,42-/m1/s1. The zero-order chi connectivity index (χ0) is 36.5. The van der Waals surface area contributed by atoms with Crippen LogP contribution < -0.4 is 0 Å². The Morgan fingerprint density at radius 3 is 2.08 bits per heavy atom. The second kappa shape index (κ2) is 15.5. The minimum Gasteiger partial charge on any atom is -0.413 e. The largest absolute Gasteiger partial charge is 0.413 e. The molecule has 3 rings (SSSR count). The van der Waals surface area contributed by atoms with Gasteiger partial charge in [0.15, 0.2) is 16.6 Å². The first kappa shape index (κ1) is 41.7. The second-order valence-electron chi connectivity index (χ2n) is 19.5. The van der Waals surface area contributed by atoms with Crippen molar-refractivity contribution in [2.24, 2.45) is 29.1 Å². The van der Waals surface area contributed by atoms with Gasteiger partial charge < -0.3 is 18.3 Å². The molecule has 4 nitrogen and oxygen atoms in total. The van der Waals surface area contributed by atoms with Gasteiger partial charge in [-0.1, -0.05) is 92.7 Å². The Kier molecular flexibility index (Phi) is 13.4. The Labute approximate surface area is 299 Å². The van der Waals surface area contributed by atoms with Gasteiger partial charge in [0.25, 0.3) is 0 Å². The predicted octanol–water partition coefficient (Wildman–Crippen LogP) is 12.4. The third-order valence-corrected chi connectivity index (χ3v) is 22.8. The van der Waals surface area contributed by atoms with Gasteiger partial charge in [-0.25, -0.2) is 0 Å². The maximum absolute atomic E-state index is 7.16. The number of rotatable bonds is 13. The summed E-state index contributed by atoms with van der Waals surface area (Å²) in [7, 11) is -2.19. The lowest BCUT2D eigenvalue weighted by atomic mass is 9.62. The molecule has 0 amide bonds. The fourth-order valence-electron chi connectivity index (χ4n) is 7.82. The summed E-state index contributed by atoms with van der Waals surface area (Å²) in [6, 6.07) is 0. The maximum Gasteiger partial charge on any atom is 0.192 e. The molecule has 0 spiro atoms. The van der Waals surface area contributed by atoms with E-state index in [2.05, 4.69) is 140 Å². The summed E-state index contributed by atoms with van der Waals surface area (Å²) in [5.41, 5.74) is 4.47. The molecule has 3 aliphatic rings. The van der Waals surface area contributed by atoms with Crippen molar-refractivity contribution in [3.63, 3.8) is 0 Å². The molecular formula is C42H76O4Si2. The molecule has 0 N–H and O–H groups in total. The van der Waals surface area contributed by atoms with Crippen LogP contribution in [-0.2, 0) is 18.3 Å². The first-order valence-electron chi connectivity index (χ1n) is 19.1. The number of methoxy groups -OCH3 is 1. The Morgan fingerprint density at radius 2 is 1.50 bits per heavy atom. The van der Waals surface area contributed by atoms with E-state index in [0.717, 1.165) is 12.8 Å². The summed E-state index contributed by atoms with van der Waals surface area (Å²) in [6.07, 6.45) is 19.7. The molecule has 276 valence electrons. The van der Waals surface area contributed by atoms with Crippen molar-refractivity contribution < 1.29 is 18.3 Å². The normalized spacial score (nSPS) is 29.5. The first-order chi connectivity index (χ1) is 21.9. The molecule has 7 atom stereocenters. The van der Waals surface area contributed by atoms with Crippen LogP contribution in [0.5, 0.6) is 0 Å². The van der Waals surface area contributed by atoms with Gasteiger partial charge >= 0.3 is 0 Å². The molecule has 0 bridgehead atoms. The quantitative estimate of drug-likeness (QED) is 0.109. The van der Waals surface area contributed by atoms with E-state index in [0.29, 0.717) is 35.9 Å². The summed E-state index contributed by atoms with van der Waals surface area (Å²) in [5, 5.41) is 0.356. The molecule has 0 saturated heterocycles. The molecule has 0 heterocycles. The van der Waals surface area contributed by atoms with Crippen LogP contribution in [-0.4, -0.2) is 48.3 Å². The molecule has 1 fully saturated rings. The summed E-state index contributed by atoms with van der Waals surface area (Å²) < 4.78 is 25.5. The summed E-state index contributed by atoms with van der Waals surface area (Å²) in [4.78, 5) is 0. The van der Waals surface area contributed by atoms with Crippen molar-refractivity contribution in [1.29, 1.82) is 0 Å². The van der Waals surface area contributed by atoms with Crippen molar-refractivity contribution >= 4 is 16.6 Å². The SMILES string of the molecule is COCOC(C)(C)[C@@H](C)/C=C/[C@@H](C)[C@H]1CC[C@H]2C(/C=C\C3=C(C)[C@@H](O[Si](C)(C)C(C)(C)C)C[C@H](O[Si](C)(C)C(C)(C)C)C3)=CCC[C@]12C. The van der Waals surface area contributed by atoms with Gasteiger partial charge in [-0.3, -0.25) is 0 Å². The molecule has 0 aromatic rings. The van der Waals surface area contributed by atoms with Crippen LogP contribution in [0.1, 0.15) is 122 Å². The highest BCUT2D eigenvalue weighted by Crippen LogP contribution is 2.58. The molecule has 0 radical (unpaired) electrons. The molecule has 3 aliphatic carbocycles. The fraction of sp³-hybridized carbons (Fsp3) is 0.810. The van der Waals surface area contributed by atoms with Gasteiger partial charge in [0.05, 0.1) is 17.8 Å². The smallest absolute Gasteiger partial charge is 0.192 e. The Morgan fingerprint density at radius 1 is 0.896 bits per heavy atom. The van der Waals surface area contributed by atoms with Crippen molar-refractivity contribution in [2.75, 3.05) is 13.9 Å². The van der Waals surface area contributed by atoms with Crippen molar-refractivity contribution in [3.8, 4) is 0 Å². The number of fused-ring (bicyclic) bond motifs is 1. The van der Waals surface area contributed by atoms with Crippen molar-refractivity contribution in [1.82, 2.24) is 0 Å². The minimum atomic E-state index is -1.95. The van der Waals surface area contributed by atoms with Crippen LogP contribution in [0.25, 0.3) is 0 Å². The average molecular weight is 701 g/mol. The van der Waals surface area contributed by atoms with Crippen LogP contribution in [0, 0.1) is 29.1 Å². The molecule has 48 heavy (non-hydrogen) atoms. The molecule has 0 unspecified atom stereocenters. The van der Waals surface area contributed by atoms with Crippen molar-refractivity contribution in [2.45, 2.75) is 176 Å². The number of hydrogen-bond donors (Lipinski definition) is 0. The lowest BCUT2D eigenvalue weighted by Crippen LogP contribution is -2.49. The summed E-state index contributed by atoms with van der Waals surface area (Å²) in [6.45, 7) is 38.0. The maximum atomic E-state index is 7.16. The van der Waals surface area contributed by atoms with E-state index >= 15 is 0 Å². The minimum absolute atomic E-state index is 0.121. The van der Waals surface area contributed by atoms with Gasteiger partial charge in [-0.2, -0.15) is 0 Å². The lowest BCUT2D eigenvalue weighted by molar-refractivity contribution is -0.128. The Hall–Kier alpha value is -0.766. The van der Waals surface area contributed by atoms with E-state index in [1.807, 2.05) is 0 Å². The van der Waals surface area contributed by atoms with Crippen LogP contribution in [0.3, 0.4) is 0 Å². The molecule has 6 heteroatoms. The number of hydrogen-bond acceptors (Lipinski definition) is 4. The topological polar surface area (TPSA) is 36.9 Å². The Balaban J connectivity index is 1.85. The van der Waals surface area contributed by atoms with Crippen LogP contribution in [0.4, 0.5) is 0 Å². The van der Waals surface area contributed by atoms with Gasteiger partial charge in [-0.15, -0.1) is 0 Å². The van der Waals surface area contributed by atoms with E-state index < -0.39 is 16.6 Å². The summed E-state index contributed by atoms with van der Waals surface area (Å²) in [5.74, 6) is 2.15. The lowest BCUT2D eigenvalue weighted by Gasteiger charge is -2.45. The van der Waals surface area contributed by atoms with Gasteiger partial charge in [0.2, 0.25) is 0 Å². The Bertz CT molecular complexity index is 1210. The van der Waals surface area contributed by atoms with E-state index in [-0.39, 0.29) is 27.9 Å². The number of allylic oxidation sites excluding steroid dienone is 5. The predicted molar refractivity (Wildman–Crippen MR) is 211 cm³/mol. The van der Waals surface area contributed by atoms with Gasteiger partial charge in [0.1, 0.15) is 6.79 Å². The third-order valence-electron chi connectivity index (χ3n) is 13.8. The van der Waals surface area contributed by atoms with Crippen LogP contribution in [0.2, 0.25) is 36.3 Å². The van der Waals surface area contributed by atoms with Gasteiger partial charge in [0, 0.05) is 19.4 Å². The van der Waals surface area contributed by atoms with E-state index in [1.165, 1.54) is 36.8 Å². The zero-order valence-electron chi connectivity index (χ0n) is 34.4. The van der Waals surface area contributed by atoms with Crippen LogP contribution >= 0.6 is 0 Å². The molecule has 0 aromatic heterocycles. The van der Waals surface area contributed by atoms with Crippen LogP contribution in [0.15, 0.2) is 47.1 Å². The summed E-state index contributed by atoms with van der Waals surface area (Å²) >= 11 is 0. The molecule has 0 aliphatic heterocycles. The molecule has 1 saturated carbocycles. The van der Waals surface area contributed by atoms with E-state index in [1.54, 1.807) is 12.7 Å². The highest BCUT2D eigenvalue weighted by atomic mass is 28.4. The molecule has 0 aromatic carbocycles. The highest BCUT2D eigenvalue weighted by molar-refractivity contribution is 6.74. The van der Waals surface area contributed by atoms with Gasteiger partial charge in [-0.05, 0) is 129 Å². The van der Waals surface area contributed by atoms with E-state index in [9.17, 15) is 0 Å². The number of ether oxygens (including phenoxy) is 2. The zero-order valence-corrected chi connectivity index (χ0v) is 36.4.